The van der Waals surface area contributed by atoms with Crippen molar-refractivity contribution in [3.05, 3.63) is 82.7 Å². The summed E-state index contributed by atoms with van der Waals surface area (Å²) in [5.74, 6) is 2.15. The van der Waals surface area contributed by atoms with Gasteiger partial charge in [0, 0.05) is 63.3 Å². The number of aryl methyl sites for hydroxylation is 1. The van der Waals surface area contributed by atoms with Gasteiger partial charge in [-0.25, -0.2) is 15.0 Å². The second kappa shape index (κ2) is 13.5. The number of benzene rings is 2. The molecule has 2 aliphatic carbocycles. The van der Waals surface area contributed by atoms with E-state index in [2.05, 4.69) is 37.8 Å². The summed E-state index contributed by atoms with van der Waals surface area (Å²) in [5, 5.41) is 0.909. The third kappa shape index (κ3) is 8.08. The Hall–Kier alpha value is -4.13. The van der Waals surface area contributed by atoms with Gasteiger partial charge >= 0.3 is 12.4 Å². The molecule has 50 heavy (non-hydrogen) atoms. The largest absolute Gasteiger partial charge is 0.416 e. The van der Waals surface area contributed by atoms with Crippen molar-refractivity contribution in [1.29, 1.82) is 0 Å². The van der Waals surface area contributed by atoms with Gasteiger partial charge in [-0.3, -0.25) is 0 Å². The van der Waals surface area contributed by atoms with Crippen LogP contribution >= 0.6 is 0 Å². The fourth-order valence-electron chi connectivity index (χ4n) is 6.68. The highest BCUT2D eigenvalue weighted by Crippen LogP contribution is 2.39. The number of aromatic nitrogens is 3. The van der Waals surface area contributed by atoms with E-state index in [0.29, 0.717) is 11.8 Å². The van der Waals surface area contributed by atoms with E-state index in [1.165, 1.54) is 0 Å². The smallest absolute Gasteiger partial charge is 0.366 e. The molecule has 3 heterocycles. The minimum atomic E-state index is -4.96. The first kappa shape index (κ1) is 34.3. The van der Waals surface area contributed by atoms with Crippen LogP contribution in [-0.2, 0) is 25.4 Å². The number of anilines is 3. The molecule has 13 heteroatoms. The summed E-state index contributed by atoms with van der Waals surface area (Å²) in [6.07, 6.45) is -1.94. The third-order valence-electron chi connectivity index (χ3n) is 9.91. The van der Waals surface area contributed by atoms with E-state index in [1.54, 1.807) is 17.3 Å². The monoisotopic (exact) mass is 697 g/mol. The molecular weight excluding hydrogens is 656 g/mol. The van der Waals surface area contributed by atoms with Gasteiger partial charge in [0.05, 0.1) is 34.7 Å². The molecule has 7 rings (SSSR count). The van der Waals surface area contributed by atoms with Crippen LogP contribution in [0, 0.1) is 18.8 Å². The standard InChI is InChI=1S/C37H41F6N7/c1-24-4-3-5-28-16-29(34(46-33(24)28)49(20-25-6-7-25)21-26-8-9-26)23-50(35-44-18-32(19-45-35)48-12-10-47(2)11-13-48)22-27-14-30(36(38,39)40)17-31(15-27)37(41,42)43/h3-5,14-19,25-26H,6-13,20-23H2,1-2H3. The Morgan fingerprint density at radius 3 is 1.92 bits per heavy atom. The molecule has 0 atom stereocenters. The van der Waals surface area contributed by atoms with Crippen molar-refractivity contribution < 1.29 is 26.3 Å². The first-order chi connectivity index (χ1) is 23.8. The molecule has 4 aromatic rings. The number of likely N-dealkylation sites (N-methyl/N-ethyl adjacent to an activating group) is 1. The van der Waals surface area contributed by atoms with Crippen molar-refractivity contribution >= 4 is 28.4 Å². The lowest BCUT2D eigenvalue weighted by Gasteiger charge is -2.34. The Morgan fingerprint density at radius 2 is 1.36 bits per heavy atom. The van der Waals surface area contributed by atoms with Gasteiger partial charge < -0.3 is 19.6 Å². The molecule has 0 bridgehead atoms. The van der Waals surface area contributed by atoms with Crippen molar-refractivity contribution in [2.24, 2.45) is 11.8 Å². The number of hydrogen-bond donors (Lipinski definition) is 0. The highest BCUT2D eigenvalue weighted by atomic mass is 19.4. The summed E-state index contributed by atoms with van der Waals surface area (Å²) in [6.45, 7) is 6.90. The topological polar surface area (TPSA) is 51.6 Å². The number of para-hydroxylation sites is 1. The Morgan fingerprint density at radius 1 is 0.760 bits per heavy atom. The van der Waals surface area contributed by atoms with Crippen molar-refractivity contribution in [1.82, 2.24) is 19.9 Å². The molecule has 2 aromatic carbocycles. The van der Waals surface area contributed by atoms with E-state index in [4.69, 9.17) is 4.98 Å². The van der Waals surface area contributed by atoms with Gasteiger partial charge in [-0.1, -0.05) is 18.2 Å². The molecule has 0 radical (unpaired) electrons. The maximum absolute atomic E-state index is 13.9. The summed E-state index contributed by atoms with van der Waals surface area (Å²) in [5.41, 5.74) is 0.682. The Balaban J connectivity index is 1.30. The summed E-state index contributed by atoms with van der Waals surface area (Å²) in [4.78, 5) is 22.9. The average Bonchev–Trinajstić information content (AvgIpc) is 4.02. The van der Waals surface area contributed by atoms with Gasteiger partial charge in [-0.15, -0.1) is 0 Å². The van der Waals surface area contributed by atoms with Crippen molar-refractivity contribution in [2.75, 3.05) is 61.0 Å². The van der Waals surface area contributed by atoms with Crippen molar-refractivity contribution in [3.8, 4) is 0 Å². The first-order valence-corrected chi connectivity index (χ1v) is 17.2. The fourth-order valence-corrected chi connectivity index (χ4v) is 6.68. The van der Waals surface area contributed by atoms with E-state index in [0.717, 1.165) is 111 Å². The minimum Gasteiger partial charge on any atom is -0.366 e. The van der Waals surface area contributed by atoms with Crippen LogP contribution in [0.25, 0.3) is 10.9 Å². The summed E-state index contributed by atoms with van der Waals surface area (Å²) >= 11 is 0. The van der Waals surface area contributed by atoms with Crippen molar-refractivity contribution in [2.45, 2.75) is 58.0 Å². The van der Waals surface area contributed by atoms with E-state index >= 15 is 0 Å². The van der Waals surface area contributed by atoms with Crippen molar-refractivity contribution in [3.63, 3.8) is 0 Å². The quantitative estimate of drug-likeness (QED) is 0.148. The molecule has 3 fully saturated rings. The Labute approximate surface area is 287 Å². The lowest BCUT2D eigenvalue weighted by atomic mass is 10.0. The molecule has 1 aliphatic heterocycles. The molecule has 3 aliphatic rings. The summed E-state index contributed by atoms with van der Waals surface area (Å²) < 4.78 is 83.4. The molecule has 7 nitrogen and oxygen atoms in total. The average molecular weight is 698 g/mol. The van der Waals surface area contributed by atoms with Crippen LogP contribution in [0.4, 0.5) is 43.8 Å². The predicted octanol–water partition coefficient (Wildman–Crippen LogP) is 7.96. The molecule has 0 amide bonds. The van der Waals surface area contributed by atoms with E-state index in [9.17, 15) is 26.3 Å². The number of halogens is 6. The zero-order valence-electron chi connectivity index (χ0n) is 28.2. The molecule has 266 valence electrons. The zero-order valence-corrected chi connectivity index (χ0v) is 28.2. The van der Waals surface area contributed by atoms with Crippen LogP contribution < -0.4 is 14.7 Å². The van der Waals surface area contributed by atoms with E-state index in [1.807, 2.05) is 25.1 Å². The number of pyridine rings is 1. The lowest BCUT2D eigenvalue weighted by Crippen LogP contribution is -2.44. The maximum Gasteiger partial charge on any atom is 0.416 e. The second-order valence-corrected chi connectivity index (χ2v) is 14.2. The maximum atomic E-state index is 13.9. The number of fused-ring (bicyclic) bond motifs is 1. The van der Waals surface area contributed by atoms with Crippen LogP contribution in [0.1, 0.15) is 53.5 Å². The van der Waals surface area contributed by atoms with E-state index < -0.39 is 23.5 Å². The number of piperazine rings is 1. The molecule has 2 saturated carbocycles. The fraction of sp³-hybridized carbons (Fsp3) is 0.486. The normalized spacial score (nSPS) is 17.4. The van der Waals surface area contributed by atoms with Gasteiger partial charge in [-0.05, 0) is 86.9 Å². The number of alkyl halides is 6. The van der Waals surface area contributed by atoms with Gasteiger partial charge in [-0.2, -0.15) is 26.3 Å². The first-order valence-electron chi connectivity index (χ1n) is 17.2. The Bertz CT molecular complexity index is 1760. The van der Waals surface area contributed by atoms with Gasteiger partial charge in [0.25, 0.3) is 0 Å². The number of nitrogens with zero attached hydrogens (tertiary/aromatic N) is 7. The zero-order chi connectivity index (χ0) is 35.2. The molecule has 0 spiro atoms. The Kier molecular flexibility index (Phi) is 9.29. The molecule has 0 N–H and O–H groups in total. The highest BCUT2D eigenvalue weighted by Gasteiger charge is 2.37. The van der Waals surface area contributed by atoms with Crippen LogP contribution in [-0.4, -0.2) is 66.2 Å². The molecule has 2 aromatic heterocycles. The number of rotatable bonds is 11. The van der Waals surface area contributed by atoms with Gasteiger partial charge in [0.2, 0.25) is 5.95 Å². The third-order valence-corrected chi connectivity index (χ3v) is 9.91. The molecular formula is C37H41F6N7. The van der Waals surface area contributed by atoms with Crippen LogP contribution in [0.2, 0.25) is 0 Å². The van der Waals surface area contributed by atoms with Gasteiger partial charge in [0.15, 0.2) is 0 Å². The second-order valence-electron chi connectivity index (χ2n) is 14.2. The predicted molar refractivity (Wildman–Crippen MR) is 182 cm³/mol. The minimum absolute atomic E-state index is 0.128. The van der Waals surface area contributed by atoms with Crippen LogP contribution in [0.5, 0.6) is 0 Å². The van der Waals surface area contributed by atoms with E-state index in [-0.39, 0.29) is 30.7 Å². The van der Waals surface area contributed by atoms with Gasteiger partial charge in [0.1, 0.15) is 5.82 Å². The molecule has 1 saturated heterocycles. The highest BCUT2D eigenvalue weighted by molar-refractivity contribution is 5.84. The summed E-state index contributed by atoms with van der Waals surface area (Å²) in [6, 6.07) is 9.73. The lowest BCUT2D eigenvalue weighted by molar-refractivity contribution is -0.143. The van der Waals surface area contributed by atoms with Crippen LogP contribution in [0.3, 0.4) is 0 Å². The number of hydrogen-bond acceptors (Lipinski definition) is 7. The van der Waals surface area contributed by atoms with Crippen LogP contribution in [0.15, 0.2) is 54.9 Å². The summed E-state index contributed by atoms with van der Waals surface area (Å²) in [7, 11) is 2.06. The SMILES string of the molecule is Cc1cccc2cc(CN(Cc3cc(C(F)(F)F)cc(C(F)(F)F)c3)c3ncc(N4CCN(C)CC4)cn3)c(N(CC3CC3)CC3CC3)nc12. The molecule has 0 unspecified atom stereocenters.